The normalized spacial score (nSPS) is 12.0. The molecule has 0 saturated heterocycles. The Bertz CT molecular complexity index is 709. The maximum absolute atomic E-state index is 12.4. The Labute approximate surface area is 133 Å². The van der Waals surface area contributed by atoms with Crippen LogP contribution in [0, 0.1) is 0 Å². The van der Waals surface area contributed by atoms with Crippen molar-refractivity contribution < 1.29 is 14.3 Å². The smallest absolute Gasteiger partial charge is 0.323 e. The quantitative estimate of drug-likeness (QED) is 0.675. The summed E-state index contributed by atoms with van der Waals surface area (Å²) in [7, 11) is 3.09. The van der Waals surface area contributed by atoms with Gasteiger partial charge >= 0.3 is 5.97 Å². The number of ketones is 1. The highest BCUT2D eigenvalue weighted by Crippen LogP contribution is 2.17. The molecule has 0 radical (unpaired) electrons. The Hall–Kier alpha value is -2.11. The highest BCUT2D eigenvalue weighted by Gasteiger charge is 2.18. The molecule has 6 heteroatoms. The first-order chi connectivity index (χ1) is 10.4. The molecule has 2 N–H and O–H groups in total. The van der Waals surface area contributed by atoms with Gasteiger partial charge in [0.1, 0.15) is 6.04 Å². The topological polar surface area (TPSA) is 74.3 Å². The zero-order chi connectivity index (χ0) is 16.3. The van der Waals surface area contributed by atoms with Gasteiger partial charge in [-0.1, -0.05) is 23.7 Å². The summed E-state index contributed by atoms with van der Waals surface area (Å²) in [6.45, 7) is 0. The van der Waals surface area contributed by atoms with E-state index in [4.69, 9.17) is 17.3 Å². The van der Waals surface area contributed by atoms with Crippen LogP contribution in [-0.2, 0) is 23.0 Å². The van der Waals surface area contributed by atoms with E-state index >= 15 is 0 Å². The number of rotatable bonds is 5. The molecule has 1 aromatic carbocycles. The first-order valence-electron chi connectivity index (χ1n) is 6.71. The number of nitrogens with two attached hydrogens (primary N) is 1. The van der Waals surface area contributed by atoms with Gasteiger partial charge in [0.05, 0.1) is 7.11 Å². The van der Waals surface area contributed by atoms with E-state index in [1.807, 2.05) is 0 Å². The van der Waals surface area contributed by atoms with Crippen LogP contribution in [-0.4, -0.2) is 29.5 Å². The van der Waals surface area contributed by atoms with Crippen molar-refractivity contribution in [2.75, 3.05) is 7.11 Å². The fraction of sp³-hybridized carbons (Fsp3) is 0.250. The molecule has 0 spiro atoms. The SMILES string of the molecule is COC(=O)C(N)Cc1cc(C(=O)c2cccc(Cl)c2)cn1C. The number of aryl methyl sites for hydroxylation is 1. The monoisotopic (exact) mass is 320 g/mol. The molecule has 1 heterocycles. The lowest BCUT2D eigenvalue weighted by atomic mass is 10.1. The van der Waals surface area contributed by atoms with Crippen LogP contribution in [0.3, 0.4) is 0 Å². The summed E-state index contributed by atoms with van der Waals surface area (Å²) in [5.41, 5.74) is 7.58. The van der Waals surface area contributed by atoms with Crippen LogP contribution in [0.4, 0.5) is 0 Å². The van der Waals surface area contributed by atoms with Crippen molar-refractivity contribution >= 4 is 23.4 Å². The zero-order valence-corrected chi connectivity index (χ0v) is 13.1. The lowest BCUT2D eigenvalue weighted by Crippen LogP contribution is -2.34. The Balaban J connectivity index is 2.22. The Morgan fingerprint density at radius 2 is 2.05 bits per heavy atom. The van der Waals surface area contributed by atoms with Gasteiger partial charge < -0.3 is 15.0 Å². The third-order valence-corrected chi connectivity index (χ3v) is 3.62. The number of halogens is 1. The van der Waals surface area contributed by atoms with Crippen molar-refractivity contribution in [3.8, 4) is 0 Å². The van der Waals surface area contributed by atoms with Crippen LogP contribution in [0.2, 0.25) is 5.02 Å². The molecule has 0 amide bonds. The molecule has 116 valence electrons. The third-order valence-electron chi connectivity index (χ3n) is 3.39. The highest BCUT2D eigenvalue weighted by molar-refractivity contribution is 6.31. The van der Waals surface area contributed by atoms with E-state index in [9.17, 15) is 9.59 Å². The minimum absolute atomic E-state index is 0.129. The molecule has 0 aliphatic carbocycles. The maximum Gasteiger partial charge on any atom is 0.323 e. The number of methoxy groups -OCH3 is 1. The van der Waals surface area contributed by atoms with E-state index in [-0.39, 0.29) is 5.78 Å². The molecule has 0 aliphatic heterocycles. The molecular weight excluding hydrogens is 304 g/mol. The minimum atomic E-state index is -0.757. The molecule has 1 aromatic heterocycles. The molecule has 5 nitrogen and oxygen atoms in total. The van der Waals surface area contributed by atoms with Crippen LogP contribution in [0.5, 0.6) is 0 Å². The molecule has 22 heavy (non-hydrogen) atoms. The molecule has 0 fully saturated rings. The number of benzene rings is 1. The number of aromatic nitrogens is 1. The summed E-state index contributed by atoms with van der Waals surface area (Å²) in [5.74, 6) is -0.611. The van der Waals surface area contributed by atoms with Gasteiger partial charge in [0, 0.05) is 41.5 Å². The van der Waals surface area contributed by atoms with E-state index in [1.165, 1.54) is 7.11 Å². The first kappa shape index (κ1) is 16.3. The van der Waals surface area contributed by atoms with Gasteiger partial charge in [0.25, 0.3) is 0 Å². The second-order valence-electron chi connectivity index (χ2n) is 5.00. The third kappa shape index (κ3) is 3.55. The molecule has 1 unspecified atom stereocenters. The van der Waals surface area contributed by atoms with E-state index in [0.717, 1.165) is 5.69 Å². The van der Waals surface area contributed by atoms with E-state index in [1.54, 1.807) is 48.1 Å². The van der Waals surface area contributed by atoms with Crippen molar-refractivity contribution in [3.63, 3.8) is 0 Å². The molecular formula is C16H17ClN2O3. The number of ether oxygens (including phenoxy) is 1. The number of hydrogen-bond acceptors (Lipinski definition) is 4. The predicted octanol–water partition coefficient (Wildman–Crippen LogP) is 1.95. The predicted molar refractivity (Wildman–Crippen MR) is 84.0 cm³/mol. The van der Waals surface area contributed by atoms with Crippen LogP contribution >= 0.6 is 11.6 Å². The van der Waals surface area contributed by atoms with Gasteiger partial charge in [0.15, 0.2) is 5.78 Å². The largest absolute Gasteiger partial charge is 0.468 e. The molecule has 2 rings (SSSR count). The number of nitrogens with zero attached hydrogens (tertiary/aromatic N) is 1. The average Bonchev–Trinajstić information content (AvgIpc) is 2.86. The van der Waals surface area contributed by atoms with Crippen molar-refractivity contribution in [1.82, 2.24) is 4.57 Å². The highest BCUT2D eigenvalue weighted by atomic mass is 35.5. The molecule has 1 atom stereocenters. The van der Waals surface area contributed by atoms with Crippen molar-refractivity contribution in [1.29, 1.82) is 0 Å². The lowest BCUT2D eigenvalue weighted by molar-refractivity contribution is -0.142. The maximum atomic E-state index is 12.4. The number of carbonyl (C=O) groups is 2. The fourth-order valence-electron chi connectivity index (χ4n) is 2.19. The number of hydrogen-bond donors (Lipinski definition) is 1. The Morgan fingerprint density at radius 1 is 1.32 bits per heavy atom. The van der Waals surface area contributed by atoms with E-state index in [2.05, 4.69) is 4.74 Å². The van der Waals surface area contributed by atoms with Gasteiger partial charge in [-0.15, -0.1) is 0 Å². The Morgan fingerprint density at radius 3 is 2.68 bits per heavy atom. The molecule has 0 aliphatic rings. The van der Waals surface area contributed by atoms with Crippen molar-refractivity contribution in [2.24, 2.45) is 12.8 Å². The Kier molecular flexibility index (Phi) is 5.00. The van der Waals surface area contributed by atoms with E-state index in [0.29, 0.717) is 22.6 Å². The standard InChI is InChI=1S/C16H17ClN2O3/c1-19-9-11(7-13(19)8-14(18)16(21)22-2)15(20)10-4-3-5-12(17)6-10/h3-7,9,14H,8,18H2,1-2H3. The van der Waals surface area contributed by atoms with Gasteiger partial charge in [-0.05, 0) is 18.2 Å². The van der Waals surface area contributed by atoms with Crippen LogP contribution in [0.15, 0.2) is 36.5 Å². The molecule has 0 saturated carbocycles. The summed E-state index contributed by atoms with van der Waals surface area (Å²) in [5, 5.41) is 0.509. The van der Waals surface area contributed by atoms with Crippen LogP contribution in [0.1, 0.15) is 21.6 Å². The van der Waals surface area contributed by atoms with Crippen LogP contribution in [0.25, 0.3) is 0 Å². The number of carbonyl (C=O) groups excluding carboxylic acids is 2. The summed E-state index contributed by atoms with van der Waals surface area (Å²) >= 11 is 5.91. The fourth-order valence-corrected chi connectivity index (χ4v) is 2.38. The molecule has 0 bridgehead atoms. The second kappa shape index (κ2) is 6.77. The van der Waals surface area contributed by atoms with E-state index < -0.39 is 12.0 Å². The summed E-state index contributed by atoms with van der Waals surface area (Å²) < 4.78 is 6.38. The van der Waals surface area contributed by atoms with Gasteiger partial charge in [-0.3, -0.25) is 9.59 Å². The van der Waals surface area contributed by atoms with Gasteiger partial charge in [0.2, 0.25) is 0 Å². The lowest BCUT2D eigenvalue weighted by Gasteiger charge is -2.09. The summed E-state index contributed by atoms with van der Waals surface area (Å²) in [6, 6.07) is 7.74. The number of esters is 1. The average molecular weight is 321 g/mol. The zero-order valence-electron chi connectivity index (χ0n) is 12.4. The second-order valence-corrected chi connectivity index (χ2v) is 5.44. The molecule has 2 aromatic rings. The van der Waals surface area contributed by atoms with Gasteiger partial charge in [-0.2, -0.15) is 0 Å². The van der Waals surface area contributed by atoms with Crippen molar-refractivity contribution in [2.45, 2.75) is 12.5 Å². The minimum Gasteiger partial charge on any atom is -0.468 e. The summed E-state index contributed by atoms with van der Waals surface area (Å²) in [4.78, 5) is 23.8. The summed E-state index contributed by atoms with van der Waals surface area (Å²) in [6.07, 6.45) is 2.01. The van der Waals surface area contributed by atoms with Crippen LogP contribution < -0.4 is 5.73 Å². The van der Waals surface area contributed by atoms with Gasteiger partial charge in [-0.25, -0.2) is 0 Å². The van der Waals surface area contributed by atoms with Crippen molar-refractivity contribution in [3.05, 3.63) is 58.4 Å². The first-order valence-corrected chi connectivity index (χ1v) is 7.09.